The van der Waals surface area contributed by atoms with Crippen LogP contribution >= 0.6 is 0 Å². The van der Waals surface area contributed by atoms with Crippen molar-refractivity contribution in [1.29, 1.82) is 0 Å². The van der Waals surface area contributed by atoms with E-state index in [9.17, 15) is 9.59 Å². The van der Waals surface area contributed by atoms with E-state index in [2.05, 4.69) is 10.6 Å². The van der Waals surface area contributed by atoms with E-state index >= 15 is 0 Å². The lowest BCUT2D eigenvalue weighted by molar-refractivity contribution is -0.135. The summed E-state index contributed by atoms with van der Waals surface area (Å²) in [5, 5.41) is 6.04. The van der Waals surface area contributed by atoms with Crippen molar-refractivity contribution < 1.29 is 9.59 Å². The standard InChI is InChI=1S/C13H23N3O2/c1-14-13(18)10-4-7-16(8-5-10)12(17)9-11-3-2-6-15-11/h10-11,15H,2-9H2,1H3,(H,14,18). The highest BCUT2D eigenvalue weighted by Crippen LogP contribution is 2.19. The monoisotopic (exact) mass is 253 g/mol. The molecule has 1 atom stereocenters. The minimum absolute atomic E-state index is 0.0867. The quantitative estimate of drug-likeness (QED) is 0.750. The van der Waals surface area contributed by atoms with Gasteiger partial charge in [0.1, 0.15) is 0 Å². The van der Waals surface area contributed by atoms with E-state index in [-0.39, 0.29) is 17.7 Å². The molecule has 18 heavy (non-hydrogen) atoms. The first-order valence-electron chi connectivity index (χ1n) is 6.93. The first-order valence-corrected chi connectivity index (χ1v) is 6.93. The maximum atomic E-state index is 12.1. The lowest BCUT2D eigenvalue weighted by Gasteiger charge is -2.31. The Morgan fingerprint density at radius 1 is 1.28 bits per heavy atom. The largest absolute Gasteiger partial charge is 0.359 e. The highest BCUT2D eigenvalue weighted by atomic mass is 16.2. The Bertz CT molecular complexity index is 305. The molecular formula is C13H23N3O2. The molecule has 2 rings (SSSR count). The van der Waals surface area contributed by atoms with Crippen molar-refractivity contribution in [2.24, 2.45) is 5.92 Å². The molecule has 0 aromatic heterocycles. The van der Waals surface area contributed by atoms with Crippen LogP contribution in [0, 0.1) is 5.92 Å². The van der Waals surface area contributed by atoms with Gasteiger partial charge in [0.2, 0.25) is 11.8 Å². The fourth-order valence-corrected chi connectivity index (χ4v) is 2.87. The Morgan fingerprint density at radius 3 is 2.56 bits per heavy atom. The van der Waals surface area contributed by atoms with Gasteiger partial charge in [0.15, 0.2) is 0 Å². The molecule has 0 saturated carbocycles. The number of hydrogen-bond donors (Lipinski definition) is 2. The Balaban J connectivity index is 1.74. The second-order valence-corrected chi connectivity index (χ2v) is 5.27. The fraction of sp³-hybridized carbons (Fsp3) is 0.846. The normalized spacial score (nSPS) is 25.2. The van der Waals surface area contributed by atoms with E-state index in [1.165, 1.54) is 6.42 Å². The van der Waals surface area contributed by atoms with Crippen LogP contribution in [0.15, 0.2) is 0 Å². The lowest BCUT2D eigenvalue weighted by atomic mass is 9.95. The topological polar surface area (TPSA) is 61.4 Å². The van der Waals surface area contributed by atoms with Crippen LogP contribution in [-0.4, -0.2) is 49.4 Å². The van der Waals surface area contributed by atoms with Crippen molar-refractivity contribution in [3.8, 4) is 0 Å². The van der Waals surface area contributed by atoms with Crippen LogP contribution in [0.5, 0.6) is 0 Å². The molecule has 0 aromatic rings. The maximum Gasteiger partial charge on any atom is 0.224 e. The molecule has 2 saturated heterocycles. The summed E-state index contributed by atoms with van der Waals surface area (Å²) in [5.41, 5.74) is 0. The summed E-state index contributed by atoms with van der Waals surface area (Å²) >= 11 is 0. The van der Waals surface area contributed by atoms with Gasteiger partial charge in [0.05, 0.1) is 0 Å². The highest BCUT2D eigenvalue weighted by molar-refractivity contribution is 5.80. The van der Waals surface area contributed by atoms with Crippen LogP contribution in [0.3, 0.4) is 0 Å². The summed E-state index contributed by atoms with van der Waals surface area (Å²) in [5.74, 6) is 0.438. The van der Waals surface area contributed by atoms with Gasteiger partial charge in [-0.25, -0.2) is 0 Å². The minimum atomic E-state index is 0.0867. The van der Waals surface area contributed by atoms with Gasteiger partial charge in [-0.1, -0.05) is 0 Å². The molecule has 2 fully saturated rings. The number of carbonyl (C=O) groups excluding carboxylic acids is 2. The number of nitrogens with one attached hydrogen (secondary N) is 2. The molecule has 2 N–H and O–H groups in total. The Labute approximate surface area is 108 Å². The van der Waals surface area contributed by atoms with Crippen molar-refractivity contribution >= 4 is 11.8 Å². The van der Waals surface area contributed by atoms with Crippen molar-refractivity contribution in [3.05, 3.63) is 0 Å². The number of amides is 2. The number of carbonyl (C=O) groups is 2. The number of piperidine rings is 1. The zero-order chi connectivity index (χ0) is 13.0. The van der Waals surface area contributed by atoms with Gasteiger partial charge in [0.25, 0.3) is 0 Å². The van der Waals surface area contributed by atoms with Gasteiger partial charge in [-0.05, 0) is 32.2 Å². The van der Waals surface area contributed by atoms with Crippen molar-refractivity contribution in [3.63, 3.8) is 0 Å². The lowest BCUT2D eigenvalue weighted by Crippen LogP contribution is -2.43. The smallest absolute Gasteiger partial charge is 0.224 e. The SMILES string of the molecule is CNC(=O)C1CCN(C(=O)CC2CCCN2)CC1. The van der Waals surface area contributed by atoms with Crippen LogP contribution in [0.4, 0.5) is 0 Å². The Hall–Kier alpha value is -1.10. The van der Waals surface area contributed by atoms with Crippen LogP contribution in [0.25, 0.3) is 0 Å². The average molecular weight is 253 g/mol. The second-order valence-electron chi connectivity index (χ2n) is 5.27. The summed E-state index contributed by atoms with van der Waals surface area (Å²) in [6, 6.07) is 0.370. The number of nitrogens with zero attached hydrogens (tertiary/aromatic N) is 1. The minimum Gasteiger partial charge on any atom is -0.359 e. The highest BCUT2D eigenvalue weighted by Gasteiger charge is 2.28. The number of hydrogen-bond acceptors (Lipinski definition) is 3. The van der Waals surface area contributed by atoms with Crippen molar-refractivity contribution in [2.45, 2.75) is 38.1 Å². The fourth-order valence-electron chi connectivity index (χ4n) is 2.87. The summed E-state index contributed by atoms with van der Waals surface area (Å²) < 4.78 is 0. The Kier molecular flexibility index (Phi) is 4.58. The van der Waals surface area contributed by atoms with E-state index in [4.69, 9.17) is 0 Å². The van der Waals surface area contributed by atoms with E-state index in [1.54, 1.807) is 7.05 Å². The molecule has 2 amide bonds. The molecule has 5 heteroatoms. The second kappa shape index (κ2) is 6.18. The molecule has 0 aromatic carbocycles. The molecule has 2 heterocycles. The van der Waals surface area contributed by atoms with Crippen molar-refractivity contribution in [1.82, 2.24) is 15.5 Å². The van der Waals surface area contributed by atoms with Gasteiger partial charge >= 0.3 is 0 Å². The van der Waals surface area contributed by atoms with E-state index in [1.807, 2.05) is 4.90 Å². The van der Waals surface area contributed by atoms with Crippen LogP contribution in [0.1, 0.15) is 32.1 Å². The predicted octanol–water partition coefficient (Wildman–Crippen LogP) is 0.113. The van der Waals surface area contributed by atoms with Crippen molar-refractivity contribution in [2.75, 3.05) is 26.7 Å². The van der Waals surface area contributed by atoms with E-state index in [0.29, 0.717) is 12.5 Å². The summed E-state index contributed by atoms with van der Waals surface area (Å²) in [6.45, 7) is 2.49. The molecule has 2 aliphatic rings. The third-order valence-electron chi connectivity index (χ3n) is 4.05. The summed E-state index contributed by atoms with van der Waals surface area (Å²) in [4.78, 5) is 25.5. The zero-order valence-corrected chi connectivity index (χ0v) is 11.1. The molecule has 102 valence electrons. The molecule has 0 aliphatic carbocycles. The molecule has 2 aliphatic heterocycles. The third-order valence-corrected chi connectivity index (χ3v) is 4.05. The molecule has 0 radical (unpaired) electrons. The average Bonchev–Trinajstić information content (AvgIpc) is 2.91. The summed E-state index contributed by atoms with van der Waals surface area (Å²) in [6.07, 6.45) is 4.49. The molecular weight excluding hydrogens is 230 g/mol. The van der Waals surface area contributed by atoms with Gasteiger partial charge in [-0.15, -0.1) is 0 Å². The number of rotatable bonds is 3. The molecule has 5 nitrogen and oxygen atoms in total. The van der Waals surface area contributed by atoms with Gasteiger partial charge in [-0.3, -0.25) is 9.59 Å². The first-order chi connectivity index (χ1) is 8.70. The predicted molar refractivity (Wildman–Crippen MR) is 69.0 cm³/mol. The zero-order valence-electron chi connectivity index (χ0n) is 11.1. The summed E-state index contributed by atoms with van der Waals surface area (Å²) in [7, 11) is 1.67. The molecule has 0 bridgehead atoms. The van der Waals surface area contributed by atoms with Crippen LogP contribution in [-0.2, 0) is 9.59 Å². The maximum absolute atomic E-state index is 12.1. The van der Waals surface area contributed by atoms with Gasteiger partial charge in [-0.2, -0.15) is 0 Å². The molecule has 1 unspecified atom stereocenters. The van der Waals surface area contributed by atoms with Crippen LogP contribution in [0.2, 0.25) is 0 Å². The first kappa shape index (κ1) is 13.3. The third kappa shape index (κ3) is 3.22. The Morgan fingerprint density at radius 2 is 2.00 bits per heavy atom. The number of likely N-dealkylation sites (tertiary alicyclic amines) is 1. The van der Waals surface area contributed by atoms with E-state index in [0.717, 1.165) is 38.9 Å². The van der Waals surface area contributed by atoms with E-state index < -0.39 is 0 Å². The van der Waals surface area contributed by atoms with Gasteiger partial charge < -0.3 is 15.5 Å². The van der Waals surface area contributed by atoms with Crippen LogP contribution < -0.4 is 10.6 Å². The molecule has 0 spiro atoms. The van der Waals surface area contributed by atoms with Gasteiger partial charge in [0, 0.05) is 38.5 Å².